The third-order valence-corrected chi connectivity index (χ3v) is 4.51. The zero-order chi connectivity index (χ0) is 16.9. The number of nitrogens with one attached hydrogen (secondary N) is 2. The maximum atomic E-state index is 12.3. The molecular weight excluding hydrogens is 308 g/mol. The Labute approximate surface area is 130 Å². The standard InChI is InChI=1S/C14H20N2O5S/c1-9(2)12(14(18)21-4)16-22(19,20)11-7-5-10(6-8-11)13(17)15-3/h5-9,12,16H,1-4H3,(H,15,17)/t12-/m1/s1. The summed E-state index contributed by atoms with van der Waals surface area (Å²) in [4.78, 5) is 23.0. The lowest BCUT2D eigenvalue weighted by Crippen LogP contribution is -2.44. The Hall–Kier alpha value is -1.93. The van der Waals surface area contributed by atoms with E-state index >= 15 is 0 Å². The lowest BCUT2D eigenvalue weighted by Gasteiger charge is -2.19. The summed E-state index contributed by atoms with van der Waals surface area (Å²) in [5.41, 5.74) is 0.342. The predicted octanol–water partition coefficient (Wildman–Crippen LogP) is 0.522. The van der Waals surface area contributed by atoms with Gasteiger partial charge in [-0.15, -0.1) is 0 Å². The fraction of sp³-hybridized carbons (Fsp3) is 0.429. The van der Waals surface area contributed by atoms with E-state index in [9.17, 15) is 18.0 Å². The molecule has 8 heteroatoms. The molecule has 1 aromatic carbocycles. The van der Waals surface area contributed by atoms with E-state index < -0.39 is 22.0 Å². The molecule has 22 heavy (non-hydrogen) atoms. The van der Waals surface area contributed by atoms with Crippen LogP contribution >= 0.6 is 0 Å². The zero-order valence-corrected chi connectivity index (χ0v) is 13.7. The van der Waals surface area contributed by atoms with Gasteiger partial charge in [0.2, 0.25) is 10.0 Å². The first kappa shape index (κ1) is 18.1. The van der Waals surface area contributed by atoms with Crippen molar-refractivity contribution >= 4 is 21.9 Å². The second kappa shape index (κ2) is 7.37. The SMILES string of the molecule is CNC(=O)c1ccc(S(=O)(=O)N[C@@H](C(=O)OC)C(C)C)cc1. The van der Waals surface area contributed by atoms with Crippen LogP contribution < -0.4 is 10.0 Å². The molecule has 0 radical (unpaired) electrons. The first-order valence-corrected chi connectivity index (χ1v) is 8.13. The lowest BCUT2D eigenvalue weighted by molar-refractivity contribution is -0.143. The van der Waals surface area contributed by atoms with Crippen LogP contribution in [0.2, 0.25) is 0 Å². The number of esters is 1. The molecule has 0 saturated carbocycles. The minimum absolute atomic E-state index is 0.0327. The van der Waals surface area contributed by atoms with Gasteiger partial charge in [0.05, 0.1) is 12.0 Å². The van der Waals surface area contributed by atoms with E-state index in [4.69, 9.17) is 0 Å². The number of ether oxygens (including phenoxy) is 1. The second-order valence-electron chi connectivity index (χ2n) is 4.97. The van der Waals surface area contributed by atoms with Gasteiger partial charge in [-0.3, -0.25) is 9.59 Å². The number of amides is 1. The molecule has 0 aromatic heterocycles. The Kier molecular flexibility index (Phi) is 6.07. The topological polar surface area (TPSA) is 102 Å². The highest BCUT2D eigenvalue weighted by molar-refractivity contribution is 7.89. The van der Waals surface area contributed by atoms with Crippen molar-refractivity contribution in [2.75, 3.05) is 14.2 Å². The van der Waals surface area contributed by atoms with Gasteiger partial charge in [-0.05, 0) is 30.2 Å². The van der Waals surface area contributed by atoms with Gasteiger partial charge in [0, 0.05) is 12.6 Å². The Bertz CT molecular complexity index is 638. The molecule has 0 aliphatic heterocycles. The number of hydrogen-bond donors (Lipinski definition) is 2. The van der Waals surface area contributed by atoms with Gasteiger partial charge in [-0.1, -0.05) is 13.8 Å². The smallest absolute Gasteiger partial charge is 0.324 e. The Morgan fingerprint density at radius 1 is 1.14 bits per heavy atom. The van der Waals surface area contributed by atoms with Crippen molar-refractivity contribution in [1.82, 2.24) is 10.0 Å². The van der Waals surface area contributed by atoms with Crippen LogP contribution in [0.5, 0.6) is 0 Å². The van der Waals surface area contributed by atoms with Crippen molar-refractivity contribution in [1.29, 1.82) is 0 Å². The van der Waals surface area contributed by atoms with E-state index in [-0.39, 0.29) is 16.7 Å². The molecule has 0 unspecified atom stereocenters. The van der Waals surface area contributed by atoms with Gasteiger partial charge in [0.25, 0.3) is 5.91 Å². The molecular formula is C14H20N2O5S. The molecule has 1 aromatic rings. The third-order valence-electron chi connectivity index (χ3n) is 3.06. The average molecular weight is 328 g/mol. The fourth-order valence-corrected chi connectivity index (χ4v) is 3.08. The number of sulfonamides is 1. The maximum Gasteiger partial charge on any atom is 0.324 e. The van der Waals surface area contributed by atoms with Gasteiger partial charge in [0.1, 0.15) is 6.04 Å². The first-order valence-electron chi connectivity index (χ1n) is 6.65. The van der Waals surface area contributed by atoms with Crippen molar-refractivity contribution in [3.05, 3.63) is 29.8 Å². The highest BCUT2D eigenvalue weighted by Crippen LogP contribution is 2.14. The van der Waals surface area contributed by atoms with Crippen LogP contribution in [0, 0.1) is 5.92 Å². The van der Waals surface area contributed by atoms with Crippen molar-refractivity contribution < 1.29 is 22.7 Å². The van der Waals surface area contributed by atoms with E-state index in [1.165, 1.54) is 38.4 Å². The highest BCUT2D eigenvalue weighted by atomic mass is 32.2. The van der Waals surface area contributed by atoms with Crippen LogP contribution in [0.4, 0.5) is 0 Å². The van der Waals surface area contributed by atoms with E-state index in [1.807, 2.05) is 0 Å². The summed E-state index contributed by atoms with van der Waals surface area (Å²) in [6.45, 7) is 3.41. The number of rotatable bonds is 6. The fourth-order valence-electron chi connectivity index (χ4n) is 1.75. The number of hydrogen-bond acceptors (Lipinski definition) is 5. The number of carbonyl (C=O) groups is 2. The zero-order valence-electron chi connectivity index (χ0n) is 12.9. The van der Waals surface area contributed by atoms with Gasteiger partial charge in [-0.2, -0.15) is 4.72 Å². The van der Waals surface area contributed by atoms with Crippen LogP contribution in [0.1, 0.15) is 24.2 Å². The summed E-state index contributed by atoms with van der Waals surface area (Å²) in [5, 5.41) is 2.44. The molecule has 1 rings (SSSR count). The summed E-state index contributed by atoms with van der Waals surface area (Å²) in [6.07, 6.45) is 0. The Morgan fingerprint density at radius 2 is 1.68 bits per heavy atom. The predicted molar refractivity (Wildman–Crippen MR) is 80.8 cm³/mol. The van der Waals surface area contributed by atoms with E-state index in [2.05, 4.69) is 14.8 Å². The summed E-state index contributed by atoms with van der Waals surface area (Å²) < 4.78 is 31.5. The molecule has 2 N–H and O–H groups in total. The van der Waals surface area contributed by atoms with Crippen LogP contribution in [0.3, 0.4) is 0 Å². The minimum Gasteiger partial charge on any atom is -0.468 e. The summed E-state index contributed by atoms with van der Waals surface area (Å²) in [7, 11) is -1.21. The summed E-state index contributed by atoms with van der Waals surface area (Å²) >= 11 is 0. The first-order chi connectivity index (χ1) is 10.2. The normalized spacial score (nSPS) is 12.8. The second-order valence-corrected chi connectivity index (χ2v) is 6.68. The van der Waals surface area contributed by atoms with Gasteiger partial charge in [-0.25, -0.2) is 8.42 Å². The molecule has 0 aliphatic carbocycles. The summed E-state index contributed by atoms with van der Waals surface area (Å²) in [5.74, 6) is -1.24. The molecule has 0 heterocycles. The monoisotopic (exact) mass is 328 g/mol. The number of benzene rings is 1. The Morgan fingerprint density at radius 3 is 2.09 bits per heavy atom. The van der Waals surface area contributed by atoms with Gasteiger partial charge in [0.15, 0.2) is 0 Å². The van der Waals surface area contributed by atoms with Crippen LogP contribution in [-0.2, 0) is 19.6 Å². The molecule has 122 valence electrons. The van der Waals surface area contributed by atoms with E-state index in [1.54, 1.807) is 13.8 Å². The molecule has 0 saturated heterocycles. The van der Waals surface area contributed by atoms with Gasteiger partial charge >= 0.3 is 5.97 Å². The molecule has 1 amide bonds. The minimum atomic E-state index is -3.89. The summed E-state index contributed by atoms with van der Waals surface area (Å²) in [6, 6.07) is 4.43. The van der Waals surface area contributed by atoms with Crippen molar-refractivity contribution in [3.63, 3.8) is 0 Å². The molecule has 0 spiro atoms. The van der Waals surface area contributed by atoms with Crippen molar-refractivity contribution in [3.8, 4) is 0 Å². The van der Waals surface area contributed by atoms with Crippen LogP contribution in [0.15, 0.2) is 29.2 Å². The lowest BCUT2D eigenvalue weighted by atomic mass is 10.1. The number of methoxy groups -OCH3 is 1. The highest BCUT2D eigenvalue weighted by Gasteiger charge is 2.29. The number of carbonyl (C=O) groups excluding carboxylic acids is 2. The molecule has 7 nitrogen and oxygen atoms in total. The Balaban J connectivity index is 3.03. The third kappa shape index (κ3) is 4.28. The van der Waals surface area contributed by atoms with E-state index in [0.29, 0.717) is 5.56 Å². The van der Waals surface area contributed by atoms with Crippen molar-refractivity contribution in [2.45, 2.75) is 24.8 Å². The van der Waals surface area contributed by atoms with Gasteiger partial charge < -0.3 is 10.1 Å². The maximum absolute atomic E-state index is 12.3. The molecule has 1 atom stereocenters. The molecule has 0 bridgehead atoms. The quantitative estimate of drug-likeness (QED) is 0.741. The van der Waals surface area contributed by atoms with Crippen LogP contribution in [-0.4, -0.2) is 40.5 Å². The van der Waals surface area contributed by atoms with E-state index in [0.717, 1.165) is 0 Å². The largest absolute Gasteiger partial charge is 0.468 e. The van der Waals surface area contributed by atoms with Crippen molar-refractivity contribution in [2.24, 2.45) is 5.92 Å². The molecule has 0 fully saturated rings. The average Bonchev–Trinajstić information content (AvgIpc) is 2.51. The van der Waals surface area contributed by atoms with Crippen LogP contribution in [0.25, 0.3) is 0 Å². The molecule has 0 aliphatic rings.